The molecule has 4 nitrogen and oxygen atoms in total. The number of hydrogen-bond acceptors (Lipinski definition) is 3. The quantitative estimate of drug-likeness (QED) is 0.813. The van der Waals surface area contributed by atoms with Crippen molar-refractivity contribution in [2.24, 2.45) is 0 Å². The Morgan fingerprint density at radius 1 is 1.27 bits per heavy atom. The number of benzene rings is 1. The molecule has 0 saturated heterocycles. The lowest BCUT2D eigenvalue weighted by molar-refractivity contribution is 0.0818. The normalized spacial score (nSPS) is 10.7. The minimum absolute atomic E-state index is 0.00136. The van der Waals surface area contributed by atoms with Gasteiger partial charge in [-0.2, -0.15) is 5.10 Å². The predicted octanol–water partition coefficient (Wildman–Crippen LogP) is 3.87. The number of carbonyl (C=O) groups is 1. The number of aromatic nitrogens is 2. The van der Waals surface area contributed by atoms with E-state index in [0.717, 1.165) is 36.2 Å². The molecule has 1 aromatic carbocycles. The summed E-state index contributed by atoms with van der Waals surface area (Å²) >= 11 is 0. The molecule has 0 unspecified atom stereocenters. The molecule has 4 heteroatoms. The van der Waals surface area contributed by atoms with Crippen LogP contribution in [0.2, 0.25) is 0 Å². The first-order chi connectivity index (χ1) is 10.5. The van der Waals surface area contributed by atoms with Crippen molar-refractivity contribution in [3.05, 3.63) is 46.8 Å². The van der Waals surface area contributed by atoms with Crippen molar-refractivity contribution in [3.63, 3.8) is 0 Å². The van der Waals surface area contributed by atoms with Gasteiger partial charge in [0.1, 0.15) is 5.75 Å². The van der Waals surface area contributed by atoms with Crippen molar-refractivity contribution in [3.8, 4) is 5.75 Å². The van der Waals surface area contributed by atoms with Crippen LogP contribution in [0.1, 0.15) is 47.1 Å². The van der Waals surface area contributed by atoms with E-state index in [1.165, 1.54) is 10.2 Å². The number of aryl methyl sites for hydroxylation is 2. The monoisotopic (exact) mass is 300 g/mol. The molecule has 0 radical (unpaired) electrons. The topological polar surface area (TPSA) is 44.1 Å². The first-order valence-electron chi connectivity index (χ1n) is 7.80. The van der Waals surface area contributed by atoms with Crippen LogP contribution in [-0.2, 0) is 6.42 Å². The molecule has 2 rings (SSSR count). The Kier molecular flexibility index (Phi) is 5.36. The molecule has 0 fully saturated rings. The number of rotatable bonds is 6. The molecular formula is C18H24N2O2. The summed E-state index contributed by atoms with van der Waals surface area (Å²) in [6.07, 6.45) is 3.22. The molecule has 2 aromatic rings. The molecule has 0 aliphatic heterocycles. The Morgan fingerprint density at radius 2 is 2.05 bits per heavy atom. The summed E-state index contributed by atoms with van der Waals surface area (Å²) in [5, 5.41) is 4.38. The van der Waals surface area contributed by atoms with Crippen molar-refractivity contribution in [1.29, 1.82) is 0 Å². The van der Waals surface area contributed by atoms with Crippen molar-refractivity contribution < 1.29 is 9.53 Å². The van der Waals surface area contributed by atoms with E-state index >= 15 is 0 Å². The van der Waals surface area contributed by atoms with Gasteiger partial charge in [0.05, 0.1) is 5.69 Å². The van der Waals surface area contributed by atoms with Gasteiger partial charge in [-0.1, -0.05) is 25.5 Å². The standard InChI is InChI=1S/C18H24N2O2/c1-5-6-10-17-14(3)19-20(15(17)4)18(21)12-22-16-9-7-8-13(2)11-16/h7-9,11H,5-6,10,12H2,1-4H3. The SMILES string of the molecule is CCCCc1c(C)nn(C(=O)COc2cccc(C)c2)c1C. The van der Waals surface area contributed by atoms with Crippen molar-refractivity contribution >= 4 is 5.91 Å². The summed E-state index contributed by atoms with van der Waals surface area (Å²) in [5.74, 6) is 0.575. The molecule has 0 N–H and O–H groups in total. The molecule has 0 amide bonds. The Morgan fingerprint density at radius 3 is 2.73 bits per heavy atom. The lowest BCUT2D eigenvalue weighted by Gasteiger charge is -2.07. The van der Waals surface area contributed by atoms with Gasteiger partial charge < -0.3 is 4.74 Å². The molecule has 22 heavy (non-hydrogen) atoms. The van der Waals surface area contributed by atoms with Crippen LogP contribution in [0.25, 0.3) is 0 Å². The molecule has 0 bridgehead atoms. The van der Waals surface area contributed by atoms with Gasteiger partial charge >= 0.3 is 0 Å². The van der Waals surface area contributed by atoms with Crippen LogP contribution in [-0.4, -0.2) is 22.3 Å². The third-order valence-corrected chi connectivity index (χ3v) is 3.81. The average Bonchev–Trinajstić information content (AvgIpc) is 2.78. The summed E-state index contributed by atoms with van der Waals surface area (Å²) in [4.78, 5) is 12.3. The van der Waals surface area contributed by atoms with Gasteiger partial charge in [-0.15, -0.1) is 0 Å². The molecule has 0 aliphatic carbocycles. The Bertz CT molecular complexity index is 659. The first-order valence-corrected chi connectivity index (χ1v) is 7.80. The van der Waals surface area contributed by atoms with E-state index in [-0.39, 0.29) is 12.5 Å². The van der Waals surface area contributed by atoms with E-state index in [9.17, 15) is 4.79 Å². The molecule has 118 valence electrons. The van der Waals surface area contributed by atoms with Crippen molar-refractivity contribution in [2.75, 3.05) is 6.61 Å². The minimum atomic E-state index is -0.134. The minimum Gasteiger partial charge on any atom is -0.484 e. The first kappa shape index (κ1) is 16.3. The second kappa shape index (κ2) is 7.25. The Balaban J connectivity index is 2.06. The van der Waals surface area contributed by atoms with E-state index in [1.807, 2.05) is 45.0 Å². The maximum Gasteiger partial charge on any atom is 0.284 e. The highest BCUT2D eigenvalue weighted by atomic mass is 16.5. The molecule has 0 saturated carbocycles. The van der Waals surface area contributed by atoms with Gasteiger partial charge in [0.2, 0.25) is 0 Å². The summed E-state index contributed by atoms with van der Waals surface area (Å²) in [7, 11) is 0. The van der Waals surface area contributed by atoms with Crippen LogP contribution in [0, 0.1) is 20.8 Å². The fraction of sp³-hybridized carbons (Fsp3) is 0.444. The van der Waals surface area contributed by atoms with Gasteiger partial charge in [-0.3, -0.25) is 4.79 Å². The van der Waals surface area contributed by atoms with Crippen LogP contribution in [0.4, 0.5) is 0 Å². The molecule has 1 heterocycles. The van der Waals surface area contributed by atoms with Crippen molar-refractivity contribution in [1.82, 2.24) is 9.78 Å². The summed E-state index contributed by atoms with van der Waals surface area (Å²) in [5.41, 5.74) is 4.17. The van der Waals surface area contributed by atoms with E-state index < -0.39 is 0 Å². The number of nitrogens with zero attached hydrogens (tertiary/aromatic N) is 2. The third-order valence-electron chi connectivity index (χ3n) is 3.81. The lowest BCUT2D eigenvalue weighted by Crippen LogP contribution is -2.21. The largest absolute Gasteiger partial charge is 0.484 e. The molecule has 0 spiro atoms. The van der Waals surface area contributed by atoms with Crippen LogP contribution < -0.4 is 4.74 Å². The van der Waals surface area contributed by atoms with Gasteiger partial charge in [0.25, 0.3) is 5.91 Å². The second-order valence-electron chi connectivity index (χ2n) is 5.66. The maximum absolute atomic E-state index is 12.3. The number of unbranched alkanes of at least 4 members (excludes halogenated alkanes) is 1. The fourth-order valence-electron chi connectivity index (χ4n) is 2.54. The zero-order valence-corrected chi connectivity index (χ0v) is 13.8. The summed E-state index contributed by atoms with van der Waals surface area (Å²) in [6.45, 7) is 8.07. The van der Waals surface area contributed by atoms with E-state index in [1.54, 1.807) is 0 Å². The summed E-state index contributed by atoms with van der Waals surface area (Å²) < 4.78 is 7.06. The van der Waals surface area contributed by atoms with Crippen LogP contribution in [0.3, 0.4) is 0 Å². The molecule has 1 aromatic heterocycles. The Labute approximate surface area is 132 Å². The molecular weight excluding hydrogens is 276 g/mol. The van der Waals surface area contributed by atoms with Gasteiger partial charge in [0.15, 0.2) is 6.61 Å². The number of carbonyl (C=O) groups excluding carboxylic acids is 1. The highest BCUT2D eigenvalue weighted by molar-refractivity contribution is 5.80. The van der Waals surface area contributed by atoms with Crippen LogP contribution in [0.5, 0.6) is 5.75 Å². The highest BCUT2D eigenvalue weighted by Crippen LogP contribution is 2.17. The highest BCUT2D eigenvalue weighted by Gasteiger charge is 2.16. The van der Waals surface area contributed by atoms with Gasteiger partial charge in [0, 0.05) is 5.69 Å². The van der Waals surface area contributed by atoms with Crippen molar-refractivity contribution in [2.45, 2.75) is 47.0 Å². The van der Waals surface area contributed by atoms with E-state index in [0.29, 0.717) is 5.75 Å². The predicted molar refractivity (Wildman–Crippen MR) is 87.6 cm³/mol. The summed E-state index contributed by atoms with van der Waals surface area (Å²) in [6, 6.07) is 7.69. The number of hydrogen-bond donors (Lipinski definition) is 0. The van der Waals surface area contributed by atoms with Gasteiger partial charge in [-0.25, -0.2) is 4.68 Å². The lowest BCUT2D eigenvalue weighted by atomic mass is 10.1. The van der Waals surface area contributed by atoms with E-state index in [4.69, 9.17) is 4.74 Å². The average molecular weight is 300 g/mol. The third kappa shape index (κ3) is 3.75. The maximum atomic E-state index is 12.3. The number of ether oxygens (including phenoxy) is 1. The second-order valence-corrected chi connectivity index (χ2v) is 5.66. The van der Waals surface area contributed by atoms with Crippen LogP contribution >= 0.6 is 0 Å². The Hall–Kier alpha value is -2.10. The van der Waals surface area contributed by atoms with E-state index in [2.05, 4.69) is 12.0 Å². The smallest absolute Gasteiger partial charge is 0.284 e. The molecule has 0 atom stereocenters. The zero-order chi connectivity index (χ0) is 16.1. The fourth-order valence-corrected chi connectivity index (χ4v) is 2.54. The zero-order valence-electron chi connectivity index (χ0n) is 13.8. The van der Waals surface area contributed by atoms with Gasteiger partial charge in [-0.05, 0) is 56.9 Å². The van der Waals surface area contributed by atoms with Crippen LogP contribution in [0.15, 0.2) is 24.3 Å². The molecule has 0 aliphatic rings.